The summed E-state index contributed by atoms with van der Waals surface area (Å²) in [7, 11) is 1.92. The predicted molar refractivity (Wildman–Crippen MR) is 92.0 cm³/mol. The van der Waals surface area contributed by atoms with E-state index in [0.29, 0.717) is 13.2 Å². The predicted octanol–water partition coefficient (Wildman–Crippen LogP) is 4.39. The van der Waals surface area contributed by atoms with E-state index >= 15 is 0 Å². The summed E-state index contributed by atoms with van der Waals surface area (Å²) in [5.74, 6) is 1.71. The lowest BCUT2D eigenvalue weighted by Crippen LogP contribution is -2.12. The van der Waals surface area contributed by atoms with Gasteiger partial charge in [0.1, 0.15) is 24.7 Å². The van der Waals surface area contributed by atoms with Crippen molar-refractivity contribution >= 4 is 31.9 Å². The maximum Gasteiger partial charge on any atom is 0.124 e. The van der Waals surface area contributed by atoms with Gasteiger partial charge in [0.05, 0.1) is 0 Å². The summed E-state index contributed by atoms with van der Waals surface area (Å²) in [6, 6.07) is 13.8. The second-order valence-electron chi connectivity index (χ2n) is 4.44. The first-order valence-electron chi connectivity index (χ1n) is 6.63. The zero-order valence-electron chi connectivity index (χ0n) is 11.7. The Balaban J connectivity index is 1.86. The third kappa shape index (κ3) is 5.34. The molecule has 0 spiro atoms. The Hall–Kier alpha value is -1.04. The molecule has 0 saturated carbocycles. The fourth-order valence-corrected chi connectivity index (χ4v) is 2.67. The van der Waals surface area contributed by atoms with Crippen LogP contribution in [0.25, 0.3) is 0 Å². The molecule has 21 heavy (non-hydrogen) atoms. The molecule has 2 rings (SSSR count). The van der Waals surface area contributed by atoms with Crippen LogP contribution >= 0.6 is 31.9 Å². The van der Waals surface area contributed by atoms with Gasteiger partial charge in [-0.3, -0.25) is 0 Å². The molecule has 0 heterocycles. The number of benzene rings is 2. The highest BCUT2D eigenvalue weighted by atomic mass is 79.9. The number of ether oxygens (including phenoxy) is 2. The fraction of sp³-hybridized carbons (Fsp3) is 0.250. The Morgan fingerprint density at radius 2 is 1.71 bits per heavy atom. The maximum atomic E-state index is 5.80. The van der Waals surface area contributed by atoms with E-state index in [1.54, 1.807) is 0 Å². The molecule has 0 aliphatic rings. The molecule has 1 N–H and O–H groups in total. The summed E-state index contributed by atoms with van der Waals surface area (Å²) in [6.45, 7) is 1.78. The zero-order valence-corrected chi connectivity index (χ0v) is 14.9. The first kappa shape index (κ1) is 16.3. The van der Waals surface area contributed by atoms with E-state index in [1.165, 1.54) is 0 Å². The second-order valence-corrected chi connectivity index (χ2v) is 6.27. The largest absolute Gasteiger partial charge is 0.490 e. The smallest absolute Gasteiger partial charge is 0.124 e. The van der Waals surface area contributed by atoms with Crippen molar-refractivity contribution in [2.75, 3.05) is 20.3 Å². The number of hydrogen-bond donors (Lipinski definition) is 1. The summed E-state index contributed by atoms with van der Waals surface area (Å²) >= 11 is 6.89. The minimum Gasteiger partial charge on any atom is -0.490 e. The van der Waals surface area contributed by atoms with Crippen molar-refractivity contribution in [3.05, 3.63) is 57.0 Å². The first-order valence-corrected chi connectivity index (χ1v) is 8.22. The van der Waals surface area contributed by atoms with Gasteiger partial charge in [0.25, 0.3) is 0 Å². The van der Waals surface area contributed by atoms with Crippen LogP contribution < -0.4 is 14.8 Å². The van der Waals surface area contributed by atoms with E-state index in [9.17, 15) is 0 Å². The molecule has 0 bridgehead atoms. The van der Waals surface area contributed by atoms with Gasteiger partial charge in [0, 0.05) is 21.1 Å². The fourth-order valence-electron chi connectivity index (χ4n) is 1.89. The molecule has 0 aliphatic carbocycles. The monoisotopic (exact) mass is 413 g/mol. The molecule has 0 saturated heterocycles. The summed E-state index contributed by atoms with van der Waals surface area (Å²) in [4.78, 5) is 0. The standard InChI is InChI=1S/C16H17Br2NO2/c1-19-11-12-9-14(18)5-6-16(12)21-8-7-20-15-4-2-3-13(17)10-15/h2-6,9-10,19H,7-8,11H2,1H3. The molecular formula is C16H17Br2NO2. The quantitative estimate of drug-likeness (QED) is 0.681. The van der Waals surface area contributed by atoms with Crippen LogP contribution in [0.3, 0.4) is 0 Å². The summed E-state index contributed by atoms with van der Waals surface area (Å²) in [5, 5.41) is 3.14. The first-order chi connectivity index (χ1) is 10.2. The van der Waals surface area contributed by atoms with E-state index in [4.69, 9.17) is 9.47 Å². The Kier molecular flexibility index (Phi) is 6.54. The van der Waals surface area contributed by atoms with Gasteiger partial charge in [0.2, 0.25) is 0 Å². The van der Waals surface area contributed by atoms with Gasteiger partial charge in [0.15, 0.2) is 0 Å². The third-order valence-electron chi connectivity index (χ3n) is 2.80. The van der Waals surface area contributed by atoms with Crippen LogP contribution in [-0.2, 0) is 6.54 Å². The molecule has 2 aromatic rings. The van der Waals surface area contributed by atoms with E-state index in [2.05, 4.69) is 43.2 Å². The molecule has 2 aromatic carbocycles. The second kappa shape index (κ2) is 8.41. The van der Waals surface area contributed by atoms with Crippen LogP contribution in [0.4, 0.5) is 0 Å². The molecule has 0 aromatic heterocycles. The van der Waals surface area contributed by atoms with Gasteiger partial charge in [-0.25, -0.2) is 0 Å². The molecule has 0 radical (unpaired) electrons. The molecule has 112 valence electrons. The summed E-state index contributed by atoms with van der Waals surface area (Å²) in [5.41, 5.74) is 1.12. The van der Waals surface area contributed by atoms with Gasteiger partial charge >= 0.3 is 0 Å². The Morgan fingerprint density at radius 3 is 2.48 bits per heavy atom. The lowest BCUT2D eigenvalue weighted by molar-refractivity contribution is 0.215. The number of halogens is 2. The number of nitrogens with one attached hydrogen (secondary N) is 1. The van der Waals surface area contributed by atoms with Gasteiger partial charge in [-0.15, -0.1) is 0 Å². The Bertz CT molecular complexity index is 590. The highest BCUT2D eigenvalue weighted by molar-refractivity contribution is 9.10. The Labute approximate surface area is 141 Å². The van der Waals surface area contributed by atoms with Crippen LogP contribution in [0.5, 0.6) is 11.5 Å². The molecule has 0 aliphatic heterocycles. The van der Waals surface area contributed by atoms with Crippen molar-refractivity contribution in [3.63, 3.8) is 0 Å². The molecular weight excluding hydrogens is 398 g/mol. The van der Waals surface area contributed by atoms with Crippen molar-refractivity contribution in [2.24, 2.45) is 0 Å². The highest BCUT2D eigenvalue weighted by Gasteiger charge is 2.04. The summed E-state index contributed by atoms with van der Waals surface area (Å²) in [6.07, 6.45) is 0. The molecule has 0 fully saturated rings. The van der Waals surface area contributed by atoms with Crippen molar-refractivity contribution in [1.82, 2.24) is 5.32 Å². The molecule has 3 nitrogen and oxygen atoms in total. The Morgan fingerprint density at radius 1 is 0.952 bits per heavy atom. The molecule has 0 unspecified atom stereocenters. The van der Waals surface area contributed by atoms with Crippen molar-refractivity contribution in [1.29, 1.82) is 0 Å². The van der Waals surface area contributed by atoms with E-state index < -0.39 is 0 Å². The minimum atomic E-state index is 0.505. The lowest BCUT2D eigenvalue weighted by atomic mass is 10.2. The summed E-state index contributed by atoms with van der Waals surface area (Å²) < 4.78 is 13.5. The maximum absolute atomic E-state index is 5.80. The SMILES string of the molecule is CNCc1cc(Br)ccc1OCCOc1cccc(Br)c1. The average Bonchev–Trinajstić information content (AvgIpc) is 2.46. The third-order valence-corrected chi connectivity index (χ3v) is 3.78. The van der Waals surface area contributed by atoms with Crippen molar-refractivity contribution in [3.8, 4) is 11.5 Å². The van der Waals surface area contributed by atoms with Crippen LogP contribution in [-0.4, -0.2) is 20.3 Å². The van der Waals surface area contributed by atoms with E-state index in [-0.39, 0.29) is 0 Å². The van der Waals surface area contributed by atoms with Crippen LogP contribution in [0, 0.1) is 0 Å². The minimum absolute atomic E-state index is 0.505. The van der Waals surface area contributed by atoms with Crippen LogP contribution in [0.1, 0.15) is 5.56 Å². The average molecular weight is 415 g/mol. The zero-order chi connectivity index (χ0) is 15.1. The van der Waals surface area contributed by atoms with Gasteiger partial charge in [-0.2, -0.15) is 0 Å². The van der Waals surface area contributed by atoms with Crippen LogP contribution in [0.15, 0.2) is 51.4 Å². The van der Waals surface area contributed by atoms with E-state index in [0.717, 1.165) is 32.6 Å². The topological polar surface area (TPSA) is 30.5 Å². The van der Waals surface area contributed by atoms with Gasteiger partial charge in [-0.1, -0.05) is 37.9 Å². The number of hydrogen-bond acceptors (Lipinski definition) is 3. The van der Waals surface area contributed by atoms with E-state index in [1.807, 2.05) is 43.4 Å². The van der Waals surface area contributed by atoms with Gasteiger partial charge < -0.3 is 14.8 Å². The van der Waals surface area contributed by atoms with Gasteiger partial charge in [-0.05, 0) is 43.4 Å². The van der Waals surface area contributed by atoms with Crippen molar-refractivity contribution < 1.29 is 9.47 Å². The number of rotatable bonds is 7. The highest BCUT2D eigenvalue weighted by Crippen LogP contribution is 2.23. The molecule has 0 amide bonds. The lowest BCUT2D eigenvalue weighted by Gasteiger charge is -2.12. The van der Waals surface area contributed by atoms with Crippen molar-refractivity contribution in [2.45, 2.75) is 6.54 Å². The van der Waals surface area contributed by atoms with Crippen LogP contribution in [0.2, 0.25) is 0 Å². The normalized spacial score (nSPS) is 10.4. The molecule has 5 heteroatoms. The molecule has 0 atom stereocenters.